The quantitative estimate of drug-likeness (QED) is 0.360. The van der Waals surface area contributed by atoms with Gasteiger partial charge in [0, 0.05) is 43.8 Å². The van der Waals surface area contributed by atoms with Crippen LogP contribution in [0.2, 0.25) is 0 Å². The molecule has 4 rings (SSSR count). The number of nitrogen functional groups attached to an aromatic ring is 1. The molecule has 40 heavy (non-hydrogen) atoms. The summed E-state index contributed by atoms with van der Waals surface area (Å²) in [6.07, 6.45) is 2.36. The van der Waals surface area contributed by atoms with E-state index in [1.54, 1.807) is 6.92 Å². The van der Waals surface area contributed by atoms with Crippen LogP contribution < -0.4 is 27.0 Å². The summed E-state index contributed by atoms with van der Waals surface area (Å²) >= 11 is 0. The van der Waals surface area contributed by atoms with Crippen LogP contribution in [-0.2, 0) is 11.3 Å². The standard InChI is InChI=1S/C27H24F2N6O5/c1-15-21(10-11-31-24(15)30)40-22-9-6-17(12-20(22)29)32-25(37)19-13-34(14-23(36)33(2)3)27(39)35(26(19)38)18-7-4-16(28)5-8-18/h4-13H,14H2,1-3H3,(H2,30,31)(H,32,37). The summed E-state index contributed by atoms with van der Waals surface area (Å²) < 4.78 is 35.5. The number of hydrogen-bond donors (Lipinski definition) is 2. The average Bonchev–Trinajstić information content (AvgIpc) is 2.90. The molecule has 13 heteroatoms. The minimum atomic E-state index is -1.02. The van der Waals surface area contributed by atoms with Gasteiger partial charge in [-0.05, 0) is 49.4 Å². The first-order valence-corrected chi connectivity index (χ1v) is 11.8. The number of hydrogen-bond acceptors (Lipinski definition) is 7. The third kappa shape index (κ3) is 5.72. The maximum atomic E-state index is 14.8. The van der Waals surface area contributed by atoms with Crippen molar-refractivity contribution in [2.75, 3.05) is 25.1 Å². The van der Waals surface area contributed by atoms with Gasteiger partial charge in [-0.2, -0.15) is 0 Å². The van der Waals surface area contributed by atoms with Gasteiger partial charge in [0.1, 0.15) is 29.5 Å². The van der Waals surface area contributed by atoms with Crippen LogP contribution in [0, 0.1) is 18.6 Å². The Bertz CT molecular complexity index is 1730. The van der Waals surface area contributed by atoms with E-state index in [1.165, 1.54) is 55.5 Å². The highest BCUT2D eigenvalue weighted by Gasteiger charge is 2.21. The topological polar surface area (TPSA) is 142 Å². The van der Waals surface area contributed by atoms with Gasteiger partial charge in [-0.15, -0.1) is 0 Å². The molecule has 4 aromatic rings. The van der Waals surface area contributed by atoms with Crippen LogP contribution in [0.25, 0.3) is 5.69 Å². The Kier molecular flexibility index (Phi) is 7.75. The molecule has 2 heterocycles. The Morgan fingerprint density at radius 3 is 2.40 bits per heavy atom. The number of rotatable bonds is 7. The molecular weight excluding hydrogens is 526 g/mol. The lowest BCUT2D eigenvalue weighted by Gasteiger charge is -2.15. The molecule has 0 saturated carbocycles. The van der Waals surface area contributed by atoms with E-state index in [1.807, 2.05) is 0 Å². The predicted octanol–water partition coefficient (Wildman–Crippen LogP) is 2.70. The fourth-order valence-electron chi connectivity index (χ4n) is 3.60. The van der Waals surface area contributed by atoms with E-state index in [0.717, 1.165) is 29.0 Å². The molecule has 0 bridgehead atoms. The highest BCUT2D eigenvalue weighted by molar-refractivity contribution is 6.04. The van der Waals surface area contributed by atoms with Gasteiger partial charge in [0.05, 0.1) is 5.69 Å². The second kappa shape index (κ2) is 11.2. The van der Waals surface area contributed by atoms with Crippen molar-refractivity contribution in [3.05, 3.63) is 105 Å². The number of benzene rings is 2. The Morgan fingerprint density at radius 2 is 1.75 bits per heavy atom. The summed E-state index contributed by atoms with van der Waals surface area (Å²) in [4.78, 5) is 57.0. The first-order valence-electron chi connectivity index (χ1n) is 11.8. The van der Waals surface area contributed by atoms with Crippen molar-refractivity contribution in [3.63, 3.8) is 0 Å². The van der Waals surface area contributed by atoms with Gasteiger partial charge in [0.2, 0.25) is 5.91 Å². The van der Waals surface area contributed by atoms with E-state index in [2.05, 4.69) is 10.3 Å². The van der Waals surface area contributed by atoms with Crippen LogP contribution in [0.3, 0.4) is 0 Å². The number of anilines is 2. The smallest absolute Gasteiger partial charge is 0.336 e. The van der Waals surface area contributed by atoms with Crippen molar-refractivity contribution in [1.29, 1.82) is 0 Å². The molecule has 3 N–H and O–H groups in total. The van der Waals surface area contributed by atoms with Gasteiger partial charge in [0.15, 0.2) is 11.6 Å². The summed E-state index contributed by atoms with van der Waals surface area (Å²) in [5.41, 5.74) is 3.79. The molecule has 0 aliphatic rings. The summed E-state index contributed by atoms with van der Waals surface area (Å²) in [6, 6.07) is 9.57. The van der Waals surface area contributed by atoms with Crippen molar-refractivity contribution in [2.24, 2.45) is 0 Å². The van der Waals surface area contributed by atoms with Gasteiger partial charge >= 0.3 is 5.69 Å². The van der Waals surface area contributed by atoms with E-state index in [0.29, 0.717) is 15.9 Å². The number of carbonyl (C=O) groups excluding carboxylic acids is 2. The number of halogens is 2. The lowest BCUT2D eigenvalue weighted by molar-refractivity contribution is -0.129. The van der Waals surface area contributed by atoms with Crippen LogP contribution in [0.15, 0.2) is 70.5 Å². The molecule has 0 aliphatic carbocycles. The van der Waals surface area contributed by atoms with Gasteiger partial charge in [-0.1, -0.05) is 0 Å². The van der Waals surface area contributed by atoms with Gasteiger partial charge < -0.3 is 20.7 Å². The molecule has 0 unspecified atom stereocenters. The van der Waals surface area contributed by atoms with Gasteiger partial charge in [-0.3, -0.25) is 19.0 Å². The number of nitrogens with two attached hydrogens (primary N) is 1. The third-order valence-corrected chi connectivity index (χ3v) is 5.89. The zero-order chi connectivity index (χ0) is 29.1. The largest absolute Gasteiger partial charge is 0.454 e. The number of ether oxygens (including phenoxy) is 1. The number of carbonyl (C=O) groups is 2. The molecule has 2 aromatic heterocycles. The van der Waals surface area contributed by atoms with Crippen LogP contribution in [0.1, 0.15) is 15.9 Å². The van der Waals surface area contributed by atoms with Crippen molar-refractivity contribution in [2.45, 2.75) is 13.5 Å². The number of nitrogens with one attached hydrogen (secondary N) is 1. The van der Waals surface area contributed by atoms with Gasteiger partial charge in [0.25, 0.3) is 11.5 Å². The minimum Gasteiger partial charge on any atom is -0.454 e. The third-order valence-electron chi connectivity index (χ3n) is 5.89. The number of nitrogens with zero attached hydrogens (tertiary/aromatic N) is 4. The Balaban J connectivity index is 1.69. The normalized spacial score (nSPS) is 10.7. The molecule has 0 aliphatic heterocycles. The molecule has 0 fully saturated rings. The molecule has 0 saturated heterocycles. The first-order chi connectivity index (χ1) is 19.0. The molecule has 2 aromatic carbocycles. The van der Waals surface area contributed by atoms with E-state index >= 15 is 0 Å². The average molecular weight is 551 g/mol. The molecule has 11 nitrogen and oxygen atoms in total. The second-order valence-corrected chi connectivity index (χ2v) is 8.88. The predicted molar refractivity (Wildman–Crippen MR) is 143 cm³/mol. The summed E-state index contributed by atoms with van der Waals surface area (Å²) in [7, 11) is 2.95. The van der Waals surface area contributed by atoms with Crippen molar-refractivity contribution in [1.82, 2.24) is 19.0 Å². The van der Waals surface area contributed by atoms with Crippen LogP contribution in [-0.4, -0.2) is 44.9 Å². The molecule has 206 valence electrons. The lowest BCUT2D eigenvalue weighted by atomic mass is 10.2. The van der Waals surface area contributed by atoms with Crippen molar-refractivity contribution >= 4 is 23.3 Å². The molecule has 2 amide bonds. The molecule has 0 atom stereocenters. The van der Waals surface area contributed by atoms with Crippen molar-refractivity contribution in [3.8, 4) is 17.2 Å². The van der Waals surface area contributed by atoms with Crippen LogP contribution in [0.4, 0.5) is 20.3 Å². The summed E-state index contributed by atoms with van der Waals surface area (Å²) in [6.45, 7) is 1.18. The second-order valence-electron chi connectivity index (χ2n) is 8.88. The van der Waals surface area contributed by atoms with Crippen LogP contribution >= 0.6 is 0 Å². The van der Waals surface area contributed by atoms with Crippen LogP contribution in [0.5, 0.6) is 11.5 Å². The summed E-state index contributed by atoms with van der Waals surface area (Å²) in [5.74, 6) is -2.52. The fourth-order valence-corrected chi connectivity index (χ4v) is 3.60. The monoisotopic (exact) mass is 550 g/mol. The summed E-state index contributed by atoms with van der Waals surface area (Å²) in [5, 5.41) is 2.41. The molecule has 0 radical (unpaired) electrons. The highest BCUT2D eigenvalue weighted by Crippen LogP contribution is 2.30. The zero-order valence-corrected chi connectivity index (χ0v) is 21.6. The maximum Gasteiger partial charge on any atom is 0.336 e. The van der Waals surface area contributed by atoms with Crippen molar-refractivity contribution < 1.29 is 23.1 Å². The zero-order valence-electron chi connectivity index (χ0n) is 21.6. The number of aromatic nitrogens is 3. The number of amides is 2. The van der Waals surface area contributed by atoms with E-state index in [-0.39, 0.29) is 22.9 Å². The van der Waals surface area contributed by atoms with E-state index in [4.69, 9.17) is 10.5 Å². The fraction of sp³-hybridized carbons (Fsp3) is 0.148. The Hall–Kier alpha value is -5.33. The van der Waals surface area contributed by atoms with Gasteiger partial charge in [-0.25, -0.2) is 23.1 Å². The van der Waals surface area contributed by atoms with E-state index < -0.39 is 46.8 Å². The number of pyridine rings is 1. The lowest BCUT2D eigenvalue weighted by Crippen LogP contribution is -2.44. The highest BCUT2D eigenvalue weighted by atomic mass is 19.1. The Morgan fingerprint density at radius 1 is 1.05 bits per heavy atom. The molecule has 0 spiro atoms. The maximum absolute atomic E-state index is 14.8. The Labute approximate surface area is 226 Å². The number of likely N-dealkylation sites (N-methyl/N-ethyl adjacent to an activating group) is 1. The first kappa shape index (κ1) is 27.7. The van der Waals surface area contributed by atoms with E-state index in [9.17, 15) is 28.0 Å². The molecular formula is C27H24F2N6O5. The SMILES string of the molecule is Cc1c(Oc2ccc(NC(=O)c3cn(CC(=O)N(C)C)c(=O)n(-c4ccc(F)cc4)c3=O)cc2F)ccnc1N. The minimum absolute atomic E-state index is 0.0170.